The fraction of sp³-hybridized carbons (Fsp3) is 0.761. The molecule has 0 radical (unpaired) electrons. The van der Waals surface area contributed by atoms with E-state index in [0.717, 1.165) is 0 Å². The number of amides is 21. The number of hydrogen-bond donors (Lipinski definition) is 27. The van der Waals surface area contributed by atoms with Crippen LogP contribution >= 0.6 is 11.8 Å². The number of unbranched alkanes of at least 4 members (excludes halogenated alkanes) is 4. The molecule has 782 valence electrons. The number of hydrogen-bond acceptors (Lipinski definition) is 28. The summed E-state index contributed by atoms with van der Waals surface area (Å²) in [6.45, 7) is 24.7. The van der Waals surface area contributed by atoms with Crippen molar-refractivity contribution < 1.29 is 106 Å². The number of carbonyl (C=O) groups excluding carboxylic acids is 21. The fourth-order valence-electron chi connectivity index (χ4n) is 13.4. The number of rotatable bonds is 70. The monoisotopic (exact) mass is 1970 g/mol. The Bertz CT molecular complexity index is 3930. The summed E-state index contributed by atoms with van der Waals surface area (Å²) < 4.78 is 0. The lowest BCUT2D eigenvalue weighted by Gasteiger charge is -2.29. The minimum atomic E-state index is -1.63. The first-order valence-electron chi connectivity index (χ1n) is 47.3. The van der Waals surface area contributed by atoms with E-state index in [-0.39, 0.29) is 89.5 Å². The van der Waals surface area contributed by atoms with Crippen LogP contribution in [-0.2, 0) is 101 Å². The van der Waals surface area contributed by atoms with Crippen LogP contribution in [-0.4, -0.2) is 302 Å². The van der Waals surface area contributed by atoms with Gasteiger partial charge in [0, 0.05) is 0 Å². The van der Waals surface area contributed by atoms with Gasteiger partial charge in [-0.3, -0.25) is 101 Å². The smallest absolute Gasteiger partial charge is 0.245 e. The minimum absolute atomic E-state index is 0.000966. The van der Waals surface area contributed by atoms with Crippen molar-refractivity contribution in [2.45, 2.75) is 336 Å². The van der Waals surface area contributed by atoms with Crippen LogP contribution in [0, 0.1) is 29.6 Å². The molecule has 0 bridgehead atoms. The standard InChI is InChI=1S/C88H162N26O22S/c1-19-48(9)69(113-78(126)52(13)97-66(117)42-95-72(120)50(11)98-79(127)59(31-23-27-36-91)108-85(133)64(44-115)111-77(125)54(15)100-81(129)61(33-38-137-18)104-65(116)41-93)87(135)101-51(12)73(121)96-43-67(118)105-57(29-21-25-34-89)82(130)114-70(49(10)20-2)88(136)103-55(16)74(122)106-60(32-24-28-37-92)83(131)112-68(47(7)8)86(134)102-56(17)76(124)110-63(40-46(5)6)84(132)107-58(30-22-26-35-90)80(128)99-53(14)75(123)109-62(71(94)119)39-45(3)4/h45-64,68-70,115H,19-44,89-93H2,1-18H3,(H2,94,119)(H,95,120)(H,96,121)(H,97,117)(H,98,127)(H,99,128)(H,100,129)(H,101,135)(H,102,134)(H,103,136)(H,104,116)(H,105,118)(H,106,122)(H,107,132)(H,108,133)(H,109,123)(H,110,124)(H,111,125)(H,112,131)(H,113,126)(H,114,130)/t48-,49-,50-,51-,52-,53-,54-,55-,56-,57-,58-,59-,60-,61-,62-,63-,64-,68-,69-,70-/m1/s1. The highest BCUT2D eigenvalue weighted by Gasteiger charge is 2.39. The molecule has 20 atom stereocenters. The van der Waals surface area contributed by atoms with E-state index >= 15 is 0 Å². The van der Waals surface area contributed by atoms with Gasteiger partial charge >= 0.3 is 0 Å². The third-order valence-electron chi connectivity index (χ3n) is 22.3. The van der Waals surface area contributed by atoms with E-state index in [4.69, 9.17) is 34.4 Å². The summed E-state index contributed by atoms with van der Waals surface area (Å²) in [4.78, 5) is 284. The third-order valence-corrected chi connectivity index (χ3v) is 22.9. The third kappa shape index (κ3) is 49.7. The molecule has 0 unspecified atom stereocenters. The Hall–Kier alpha value is -11.0. The molecule has 0 saturated heterocycles. The molecule has 0 heterocycles. The van der Waals surface area contributed by atoms with Crippen molar-refractivity contribution in [2.75, 3.05) is 64.4 Å². The molecule has 0 aliphatic rings. The minimum Gasteiger partial charge on any atom is -0.394 e. The molecule has 137 heavy (non-hydrogen) atoms. The van der Waals surface area contributed by atoms with Gasteiger partial charge in [0.05, 0.1) is 26.2 Å². The molecule has 0 aromatic rings. The Labute approximate surface area is 808 Å². The lowest BCUT2D eigenvalue weighted by atomic mass is 9.97. The summed E-state index contributed by atoms with van der Waals surface area (Å²) in [5.74, 6) is -18.7. The first kappa shape index (κ1) is 126. The zero-order valence-corrected chi connectivity index (χ0v) is 83.9. The molecule has 0 fully saturated rings. The zero-order valence-electron chi connectivity index (χ0n) is 83.1. The average molecular weight is 1970 g/mol. The number of carbonyl (C=O) groups is 21. The van der Waals surface area contributed by atoms with Gasteiger partial charge in [-0.2, -0.15) is 11.8 Å². The topological polar surface area (TPSA) is 775 Å². The Kier molecular flexibility index (Phi) is 62.6. The molecule has 49 heteroatoms. The van der Waals surface area contributed by atoms with Crippen LogP contribution in [0.15, 0.2) is 0 Å². The lowest BCUT2D eigenvalue weighted by molar-refractivity contribution is -0.136. The van der Waals surface area contributed by atoms with Crippen LogP contribution in [0.2, 0.25) is 0 Å². The molecule has 0 aliphatic heterocycles. The van der Waals surface area contributed by atoms with Gasteiger partial charge in [0.1, 0.15) is 109 Å². The maximum atomic E-state index is 14.3. The Morgan fingerprint density at radius 1 is 0.270 bits per heavy atom. The van der Waals surface area contributed by atoms with Crippen LogP contribution in [0.1, 0.15) is 227 Å². The summed E-state index contributed by atoms with van der Waals surface area (Å²) in [6.07, 6.45) is 6.08. The van der Waals surface area contributed by atoms with Crippen LogP contribution in [0.3, 0.4) is 0 Å². The van der Waals surface area contributed by atoms with Crippen LogP contribution in [0.25, 0.3) is 0 Å². The molecule has 0 aliphatic carbocycles. The lowest BCUT2D eigenvalue weighted by Crippen LogP contribution is -2.61. The Morgan fingerprint density at radius 2 is 0.526 bits per heavy atom. The Balaban J connectivity index is 6.22. The maximum absolute atomic E-state index is 14.3. The van der Waals surface area contributed by atoms with Crippen molar-refractivity contribution in [2.24, 2.45) is 64.0 Å². The van der Waals surface area contributed by atoms with E-state index < -0.39 is 270 Å². The van der Waals surface area contributed by atoms with Crippen molar-refractivity contribution >= 4 is 136 Å². The van der Waals surface area contributed by atoms with Gasteiger partial charge in [0.2, 0.25) is 124 Å². The predicted octanol–water partition coefficient (Wildman–Crippen LogP) is -7.37. The van der Waals surface area contributed by atoms with Crippen molar-refractivity contribution in [3.05, 3.63) is 0 Å². The van der Waals surface area contributed by atoms with Crippen LogP contribution in [0.4, 0.5) is 0 Å². The summed E-state index contributed by atoms with van der Waals surface area (Å²) in [5.41, 5.74) is 33.9. The number of thioether (sulfide) groups is 1. The molecular weight excluding hydrogens is 1810 g/mol. The van der Waals surface area contributed by atoms with Gasteiger partial charge in [-0.1, -0.05) is 82.1 Å². The fourth-order valence-corrected chi connectivity index (χ4v) is 13.8. The molecule has 48 nitrogen and oxygen atoms in total. The molecule has 0 saturated carbocycles. The average Bonchev–Trinajstić information content (AvgIpc) is 0.853. The number of aliphatic hydroxyl groups is 1. The molecule has 0 aromatic heterocycles. The van der Waals surface area contributed by atoms with Gasteiger partial charge in [0.15, 0.2) is 0 Å². The second kappa shape index (κ2) is 68.1. The molecule has 0 aromatic carbocycles. The SMILES string of the molecule is CC[C@@H](C)[C@@H](NC(=O)[C@@H](C)NC(=O)CNC(=O)[C@@H](C)NC(=O)[C@@H](CCCCN)NC(=O)[C@@H](CO)NC(=O)[C@@H](C)NC(=O)[C@@H](CCSC)NC(=O)CN)C(=O)N[C@H](C)C(=O)NCC(=O)N[C@H](CCCCN)C(=O)N[C@@H](C(=O)N[C@H](C)C(=O)N[C@H](CCCCN)C(=O)N[C@@H](C(=O)N[C@H](C)C(=O)N[C@H](CC(C)C)C(=O)N[C@H](CCCCN)C(=O)N[C@H](C)C(=O)N[C@H](CC(C)C)C(N)=O)C(C)C)[C@H](C)CC. The van der Waals surface area contributed by atoms with E-state index in [0.29, 0.717) is 70.0 Å². The Morgan fingerprint density at radius 3 is 0.861 bits per heavy atom. The number of nitrogens with two attached hydrogens (primary N) is 6. The first-order chi connectivity index (χ1) is 64.4. The zero-order chi connectivity index (χ0) is 105. The normalized spacial score (nSPS) is 15.6. The van der Waals surface area contributed by atoms with Gasteiger partial charge in [-0.15, -0.1) is 0 Å². The highest BCUT2D eigenvalue weighted by molar-refractivity contribution is 7.98. The quantitative estimate of drug-likeness (QED) is 0.0252. The summed E-state index contributed by atoms with van der Waals surface area (Å²) in [5, 5.41) is 60.8. The largest absolute Gasteiger partial charge is 0.394 e. The molecule has 33 N–H and O–H groups in total. The van der Waals surface area contributed by atoms with E-state index in [1.807, 2.05) is 13.8 Å². The molecular formula is C88H162N26O22S. The van der Waals surface area contributed by atoms with Gasteiger partial charge in [-0.25, -0.2) is 0 Å². The van der Waals surface area contributed by atoms with E-state index in [1.54, 1.807) is 61.6 Å². The molecule has 0 rings (SSSR count). The molecule has 0 spiro atoms. The highest BCUT2D eigenvalue weighted by atomic mass is 32.2. The second-order valence-corrected chi connectivity index (χ2v) is 36.6. The van der Waals surface area contributed by atoms with Crippen LogP contribution < -0.4 is 141 Å². The number of primary amides is 1. The van der Waals surface area contributed by atoms with E-state index in [2.05, 4.69) is 106 Å². The summed E-state index contributed by atoms with van der Waals surface area (Å²) in [7, 11) is 0. The van der Waals surface area contributed by atoms with Crippen molar-refractivity contribution in [1.29, 1.82) is 0 Å². The van der Waals surface area contributed by atoms with Crippen molar-refractivity contribution in [3.63, 3.8) is 0 Å². The van der Waals surface area contributed by atoms with Gasteiger partial charge in [0.25, 0.3) is 0 Å². The van der Waals surface area contributed by atoms with E-state index in [1.165, 1.54) is 60.2 Å². The number of nitrogens with one attached hydrogen (secondary N) is 20. The van der Waals surface area contributed by atoms with Crippen molar-refractivity contribution in [3.8, 4) is 0 Å². The maximum Gasteiger partial charge on any atom is 0.245 e. The summed E-state index contributed by atoms with van der Waals surface area (Å²) >= 11 is 1.41. The number of aliphatic hydroxyl groups excluding tert-OH is 1. The van der Waals surface area contributed by atoms with Gasteiger partial charge in [-0.05, 0) is 213 Å². The van der Waals surface area contributed by atoms with Crippen LogP contribution in [0.5, 0.6) is 0 Å². The molecule has 21 amide bonds. The predicted molar refractivity (Wildman–Crippen MR) is 513 cm³/mol. The summed E-state index contributed by atoms with van der Waals surface area (Å²) in [6, 6.07) is -23.2. The van der Waals surface area contributed by atoms with Gasteiger partial charge < -0.3 is 146 Å². The van der Waals surface area contributed by atoms with Crippen molar-refractivity contribution in [1.82, 2.24) is 106 Å². The first-order valence-corrected chi connectivity index (χ1v) is 48.7. The van der Waals surface area contributed by atoms with E-state index in [9.17, 15) is 106 Å². The second-order valence-electron chi connectivity index (χ2n) is 35.7. The highest BCUT2D eigenvalue weighted by Crippen LogP contribution is 2.16.